The molecule has 0 spiro atoms. The van der Waals surface area contributed by atoms with E-state index < -0.39 is 15.9 Å². The van der Waals surface area contributed by atoms with Crippen LogP contribution < -0.4 is 5.32 Å². The van der Waals surface area contributed by atoms with Crippen molar-refractivity contribution < 1.29 is 13.2 Å². The molecule has 1 atom stereocenters. The number of fused-ring (bicyclic) bond motifs is 1. The fourth-order valence-corrected chi connectivity index (χ4v) is 4.95. The first-order chi connectivity index (χ1) is 15.8. The third kappa shape index (κ3) is 4.66. The van der Waals surface area contributed by atoms with Crippen LogP contribution in [-0.4, -0.2) is 44.3 Å². The average Bonchev–Trinajstić information content (AvgIpc) is 3.24. The molecule has 170 valence electrons. The topological polar surface area (TPSA) is 82.3 Å². The number of aromatic amines is 1. The molecule has 1 amide bonds. The van der Waals surface area contributed by atoms with E-state index in [-0.39, 0.29) is 21.4 Å². The molecule has 4 rings (SSSR count). The van der Waals surface area contributed by atoms with Gasteiger partial charge in [0, 0.05) is 43.7 Å². The predicted molar refractivity (Wildman–Crippen MR) is 131 cm³/mol. The molecule has 1 aromatic heterocycles. The molecule has 1 heterocycles. The summed E-state index contributed by atoms with van der Waals surface area (Å²) in [7, 11) is -0.814. The fourth-order valence-electron chi connectivity index (χ4n) is 3.81. The van der Waals surface area contributed by atoms with Crippen LogP contribution in [0.15, 0.2) is 83.9 Å². The van der Waals surface area contributed by atoms with E-state index in [1.165, 1.54) is 32.3 Å². The third-order valence-corrected chi connectivity index (χ3v) is 7.77. The van der Waals surface area contributed by atoms with Gasteiger partial charge in [0.05, 0.1) is 15.5 Å². The van der Waals surface area contributed by atoms with Crippen LogP contribution in [0, 0.1) is 0 Å². The number of hydrogen-bond donors (Lipinski definition) is 2. The number of para-hydroxylation sites is 1. The monoisotopic (exact) mass is 481 g/mol. The molecule has 4 aromatic rings. The molecule has 0 radical (unpaired) electrons. The summed E-state index contributed by atoms with van der Waals surface area (Å²) in [5.41, 5.74) is 3.25. The summed E-state index contributed by atoms with van der Waals surface area (Å²) in [6, 6.07) is 22.1. The number of nitrogens with zero attached hydrogens (tertiary/aromatic N) is 1. The highest BCUT2D eigenvalue weighted by Crippen LogP contribution is 2.31. The van der Waals surface area contributed by atoms with Gasteiger partial charge in [-0.15, -0.1) is 0 Å². The fraction of sp³-hybridized carbons (Fsp3) is 0.160. The maximum Gasteiger partial charge on any atom is 0.252 e. The van der Waals surface area contributed by atoms with Crippen LogP contribution in [0.4, 0.5) is 0 Å². The Labute approximate surface area is 198 Å². The number of H-pyrrole nitrogens is 1. The van der Waals surface area contributed by atoms with Crippen molar-refractivity contribution in [1.82, 2.24) is 14.6 Å². The van der Waals surface area contributed by atoms with Crippen LogP contribution in [0.3, 0.4) is 0 Å². The van der Waals surface area contributed by atoms with Crippen LogP contribution in [0.25, 0.3) is 10.9 Å². The highest BCUT2D eigenvalue weighted by Gasteiger charge is 2.23. The second-order valence-corrected chi connectivity index (χ2v) is 10.5. The van der Waals surface area contributed by atoms with Gasteiger partial charge < -0.3 is 10.3 Å². The normalized spacial score (nSPS) is 12.7. The molecular formula is C25H24ClN3O3S. The summed E-state index contributed by atoms with van der Waals surface area (Å²) in [5, 5.41) is 4.22. The van der Waals surface area contributed by atoms with E-state index in [0.29, 0.717) is 6.54 Å². The number of halogens is 1. The Balaban J connectivity index is 1.65. The number of benzene rings is 3. The van der Waals surface area contributed by atoms with Gasteiger partial charge in [0.25, 0.3) is 5.91 Å². The number of carbonyl (C=O) groups excluding carboxylic acids is 1. The van der Waals surface area contributed by atoms with Crippen molar-refractivity contribution in [2.75, 3.05) is 20.6 Å². The minimum atomic E-state index is -3.69. The molecule has 1 unspecified atom stereocenters. The summed E-state index contributed by atoms with van der Waals surface area (Å²) < 4.78 is 26.1. The third-order valence-electron chi connectivity index (χ3n) is 5.63. The highest BCUT2D eigenvalue weighted by atomic mass is 35.5. The first-order valence-corrected chi connectivity index (χ1v) is 12.2. The standard InChI is InChI=1S/C25H24ClN3O3S/c1-29(2)33(31,32)18-12-13-23(26)20(14-18)25(30)28-15-21(17-8-4-3-5-9-17)22-16-27-24-11-7-6-10-19(22)24/h3-14,16,21,27H,15H2,1-2H3,(H,28,30). The smallest absolute Gasteiger partial charge is 0.252 e. The van der Waals surface area contributed by atoms with Gasteiger partial charge in [-0.1, -0.05) is 60.1 Å². The van der Waals surface area contributed by atoms with Gasteiger partial charge in [-0.05, 0) is 35.4 Å². The maximum absolute atomic E-state index is 13.1. The van der Waals surface area contributed by atoms with Crippen molar-refractivity contribution in [3.8, 4) is 0 Å². The second-order valence-electron chi connectivity index (χ2n) is 7.89. The lowest BCUT2D eigenvalue weighted by Gasteiger charge is -2.19. The number of rotatable bonds is 7. The Morgan fingerprint density at radius 3 is 2.45 bits per heavy atom. The van der Waals surface area contributed by atoms with Crippen LogP contribution in [0.1, 0.15) is 27.4 Å². The van der Waals surface area contributed by atoms with Crippen LogP contribution in [0.5, 0.6) is 0 Å². The lowest BCUT2D eigenvalue weighted by Crippen LogP contribution is -2.29. The van der Waals surface area contributed by atoms with Gasteiger partial charge in [-0.25, -0.2) is 12.7 Å². The second kappa shape index (κ2) is 9.39. The van der Waals surface area contributed by atoms with Crippen molar-refractivity contribution in [2.24, 2.45) is 0 Å². The van der Waals surface area contributed by atoms with E-state index in [1.807, 2.05) is 60.8 Å². The molecule has 0 saturated carbocycles. The molecule has 3 aromatic carbocycles. The number of carbonyl (C=O) groups is 1. The summed E-state index contributed by atoms with van der Waals surface area (Å²) in [6.45, 7) is 0.311. The first kappa shape index (κ1) is 23.0. The number of nitrogens with one attached hydrogen (secondary N) is 2. The van der Waals surface area contributed by atoms with Gasteiger partial charge in [0.15, 0.2) is 0 Å². The van der Waals surface area contributed by atoms with E-state index in [1.54, 1.807) is 0 Å². The minimum Gasteiger partial charge on any atom is -0.361 e. The number of sulfonamides is 1. The van der Waals surface area contributed by atoms with E-state index in [4.69, 9.17) is 11.6 Å². The Hall–Kier alpha value is -3.13. The van der Waals surface area contributed by atoms with Crippen molar-refractivity contribution in [1.29, 1.82) is 0 Å². The molecular weight excluding hydrogens is 458 g/mol. The summed E-state index contributed by atoms with van der Waals surface area (Å²) in [4.78, 5) is 16.4. The zero-order valence-electron chi connectivity index (χ0n) is 18.2. The molecule has 0 aliphatic rings. The predicted octanol–water partition coefficient (Wildman–Crippen LogP) is 4.63. The molecule has 0 saturated heterocycles. The van der Waals surface area contributed by atoms with E-state index in [0.717, 1.165) is 26.3 Å². The van der Waals surface area contributed by atoms with Gasteiger partial charge >= 0.3 is 0 Å². The Kier molecular flexibility index (Phi) is 6.56. The van der Waals surface area contributed by atoms with Gasteiger partial charge in [0.2, 0.25) is 10.0 Å². The molecule has 0 fully saturated rings. The first-order valence-electron chi connectivity index (χ1n) is 10.4. The molecule has 6 nitrogen and oxygen atoms in total. The molecule has 2 N–H and O–H groups in total. The zero-order valence-corrected chi connectivity index (χ0v) is 19.8. The van der Waals surface area contributed by atoms with E-state index >= 15 is 0 Å². The Morgan fingerprint density at radius 1 is 1.03 bits per heavy atom. The highest BCUT2D eigenvalue weighted by molar-refractivity contribution is 7.89. The van der Waals surface area contributed by atoms with Crippen molar-refractivity contribution in [3.05, 3.63) is 101 Å². The average molecular weight is 482 g/mol. The van der Waals surface area contributed by atoms with Crippen LogP contribution >= 0.6 is 11.6 Å². The van der Waals surface area contributed by atoms with E-state index in [2.05, 4.69) is 10.3 Å². The lowest BCUT2D eigenvalue weighted by molar-refractivity contribution is 0.0952. The maximum atomic E-state index is 13.1. The molecule has 33 heavy (non-hydrogen) atoms. The molecule has 8 heteroatoms. The van der Waals surface area contributed by atoms with Gasteiger partial charge in [0.1, 0.15) is 0 Å². The van der Waals surface area contributed by atoms with Crippen LogP contribution in [0.2, 0.25) is 5.02 Å². The van der Waals surface area contributed by atoms with Gasteiger partial charge in [-0.2, -0.15) is 0 Å². The Morgan fingerprint density at radius 2 is 1.73 bits per heavy atom. The summed E-state index contributed by atoms with van der Waals surface area (Å²) >= 11 is 6.26. The van der Waals surface area contributed by atoms with E-state index in [9.17, 15) is 13.2 Å². The molecule has 0 aliphatic heterocycles. The minimum absolute atomic E-state index is 0.0123. The largest absolute Gasteiger partial charge is 0.361 e. The van der Waals surface area contributed by atoms with Crippen molar-refractivity contribution in [2.45, 2.75) is 10.8 Å². The van der Waals surface area contributed by atoms with Crippen molar-refractivity contribution >= 4 is 38.4 Å². The summed E-state index contributed by atoms with van der Waals surface area (Å²) in [5.74, 6) is -0.546. The Bertz CT molecular complexity index is 1400. The number of hydrogen-bond acceptors (Lipinski definition) is 3. The SMILES string of the molecule is CN(C)S(=O)(=O)c1ccc(Cl)c(C(=O)NCC(c2ccccc2)c2c[nH]c3ccccc23)c1. The number of amides is 1. The number of aromatic nitrogens is 1. The zero-order chi connectivity index (χ0) is 23.6. The lowest BCUT2D eigenvalue weighted by atomic mass is 9.91. The molecule has 0 bridgehead atoms. The molecule has 0 aliphatic carbocycles. The summed E-state index contributed by atoms with van der Waals surface area (Å²) in [6.07, 6.45) is 1.96. The quantitative estimate of drug-likeness (QED) is 0.403. The van der Waals surface area contributed by atoms with Crippen LogP contribution in [-0.2, 0) is 10.0 Å². The van der Waals surface area contributed by atoms with Gasteiger partial charge in [-0.3, -0.25) is 4.79 Å². The van der Waals surface area contributed by atoms with Crippen molar-refractivity contribution in [3.63, 3.8) is 0 Å².